The molecule has 0 aliphatic heterocycles. The highest BCUT2D eigenvalue weighted by molar-refractivity contribution is 4.82. The van der Waals surface area contributed by atoms with E-state index in [-0.39, 0.29) is 0 Å². The smallest absolute Gasteiger partial charge is 0.0615 e. The Kier molecular flexibility index (Phi) is 7.09. The first-order valence-electron chi connectivity index (χ1n) is 7.12. The third-order valence-corrected chi connectivity index (χ3v) is 4.00. The van der Waals surface area contributed by atoms with Gasteiger partial charge < -0.3 is 15.8 Å². The van der Waals surface area contributed by atoms with Gasteiger partial charge in [-0.2, -0.15) is 0 Å². The fraction of sp³-hybridized carbons (Fsp3) is 1.00. The highest BCUT2D eigenvalue weighted by atomic mass is 16.5. The number of methoxy groups -OCH3 is 1. The van der Waals surface area contributed by atoms with E-state index < -0.39 is 0 Å². The van der Waals surface area contributed by atoms with Crippen LogP contribution < -0.4 is 11.1 Å². The molecule has 1 atom stereocenters. The first kappa shape index (κ1) is 14.9. The molecule has 1 rings (SSSR count). The van der Waals surface area contributed by atoms with Crippen LogP contribution in [0.5, 0.6) is 0 Å². The zero-order valence-electron chi connectivity index (χ0n) is 11.6. The fourth-order valence-electron chi connectivity index (χ4n) is 2.78. The van der Waals surface area contributed by atoms with Gasteiger partial charge in [0.2, 0.25) is 0 Å². The summed E-state index contributed by atoms with van der Waals surface area (Å²) >= 11 is 0. The predicted octanol–water partition coefficient (Wildman–Crippen LogP) is 2.30. The highest BCUT2D eigenvalue weighted by Gasteiger charge is 2.27. The lowest BCUT2D eigenvalue weighted by molar-refractivity contribution is 0.141. The third-order valence-electron chi connectivity index (χ3n) is 4.00. The summed E-state index contributed by atoms with van der Waals surface area (Å²) in [6.45, 7) is 5.13. The van der Waals surface area contributed by atoms with E-state index in [2.05, 4.69) is 12.2 Å². The number of hydrogen-bond donors (Lipinski definition) is 2. The summed E-state index contributed by atoms with van der Waals surface area (Å²) in [4.78, 5) is 0. The standard InChI is InChI=1S/C14H30N2O/c1-14(8-4-3-5-9-14)12-16-13(11-17-2)7-6-10-15/h13,16H,3-12,15H2,1-2H3. The molecule has 0 heterocycles. The van der Waals surface area contributed by atoms with Crippen molar-refractivity contribution in [3.05, 3.63) is 0 Å². The topological polar surface area (TPSA) is 47.3 Å². The molecule has 0 aromatic heterocycles. The summed E-state index contributed by atoms with van der Waals surface area (Å²) in [5.41, 5.74) is 6.08. The van der Waals surface area contributed by atoms with E-state index in [9.17, 15) is 0 Å². The Balaban J connectivity index is 2.28. The maximum Gasteiger partial charge on any atom is 0.0615 e. The van der Waals surface area contributed by atoms with Crippen LogP contribution in [0.4, 0.5) is 0 Å². The molecule has 0 bridgehead atoms. The molecule has 1 unspecified atom stereocenters. The van der Waals surface area contributed by atoms with Crippen molar-refractivity contribution in [2.75, 3.05) is 26.8 Å². The van der Waals surface area contributed by atoms with Crippen LogP contribution in [-0.2, 0) is 4.74 Å². The van der Waals surface area contributed by atoms with Crippen molar-refractivity contribution in [3.63, 3.8) is 0 Å². The molecule has 17 heavy (non-hydrogen) atoms. The van der Waals surface area contributed by atoms with Crippen molar-refractivity contribution in [2.24, 2.45) is 11.1 Å². The summed E-state index contributed by atoms with van der Waals surface area (Å²) in [6.07, 6.45) is 9.17. The lowest BCUT2D eigenvalue weighted by Crippen LogP contribution is -2.41. The van der Waals surface area contributed by atoms with Crippen LogP contribution in [0, 0.1) is 5.41 Å². The Morgan fingerprint density at radius 1 is 1.29 bits per heavy atom. The second-order valence-electron chi connectivity index (χ2n) is 5.84. The van der Waals surface area contributed by atoms with Crippen LogP contribution >= 0.6 is 0 Å². The summed E-state index contributed by atoms with van der Waals surface area (Å²) in [5.74, 6) is 0. The van der Waals surface area contributed by atoms with Crippen molar-refractivity contribution in [1.29, 1.82) is 0 Å². The van der Waals surface area contributed by atoms with Crippen LogP contribution in [0.2, 0.25) is 0 Å². The maximum absolute atomic E-state index is 5.57. The van der Waals surface area contributed by atoms with Crippen LogP contribution in [0.15, 0.2) is 0 Å². The monoisotopic (exact) mass is 242 g/mol. The number of rotatable bonds is 8. The molecule has 0 amide bonds. The van der Waals surface area contributed by atoms with Gasteiger partial charge in [0.05, 0.1) is 6.61 Å². The Bertz CT molecular complexity index is 191. The molecule has 3 nitrogen and oxygen atoms in total. The van der Waals surface area contributed by atoms with Gasteiger partial charge in [0, 0.05) is 19.7 Å². The average Bonchev–Trinajstić information content (AvgIpc) is 2.34. The van der Waals surface area contributed by atoms with Gasteiger partial charge in [-0.15, -0.1) is 0 Å². The van der Waals surface area contributed by atoms with Crippen molar-refractivity contribution < 1.29 is 4.74 Å². The number of nitrogens with one attached hydrogen (secondary N) is 1. The molecule has 0 spiro atoms. The third kappa shape index (κ3) is 5.84. The molecule has 3 heteroatoms. The Morgan fingerprint density at radius 3 is 2.59 bits per heavy atom. The first-order chi connectivity index (χ1) is 8.20. The van der Waals surface area contributed by atoms with Crippen molar-refractivity contribution in [3.8, 4) is 0 Å². The lowest BCUT2D eigenvalue weighted by Gasteiger charge is -2.35. The molecule has 1 fully saturated rings. The minimum absolute atomic E-state index is 0.474. The van der Waals surface area contributed by atoms with Gasteiger partial charge in [-0.1, -0.05) is 26.2 Å². The van der Waals surface area contributed by atoms with E-state index in [4.69, 9.17) is 10.5 Å². The van der Waals surface area contributed by atoms with E-state index in [1.54, 1.807) is 7.11 Å². The summed E-state index contributed by atoms with van der Waals surface area (Å²) < 4.78 is 5.27. The van der Waals surface area contributed by atoms with Crippen molar-refractivity contribution in [2.45, 2.75) is 57.9 Å². The van der Waals surface area contributed by atoms with Crippen molar-refractivity contribution in [1.82, 2.24) is 5.32 Å². The van der Waals surface area contributed by atoms with Crippen LogP contribution in [0.1, 0.15) is 51.9 Å². The first-order valence-corrected chi connectivity index (χ1v) is 7.12. The van der Waals surface area contributed by atoms with E-state index in [0.29, 0.717) is 11.5 Å². The number of ether oxygens (including phenoxy) is 1. The highest BCUT2D eigenvalue weighted by Crippen LogP contribution is 2.35. The lowest BCUT2D eigenvalue weighted by atomic mass is 9.75. The molecule has 0 radical (unpaired) electrons. The molecule has 0 aromatic carbocycles. The van der Waals surface area contributed by atoms with Crippen LogP contribution in [-0.4, -0.2) is 32.8 Å². The molecular formula is C14H30N2O. The maximum atomic E-state index is 5.57. The van der Waals surface area contributed by atoms with E-state index >= 15 is 0 Å². The molecule has 3 N–H and O–H groups in total. The van der Waals surface area contributed by atoms with Gasteiger partial charge in [0.25, 0.3) is 0 Å². The van der Waals surface area contributed by atoms with Gasteiger partial charge in [0.15, 0.2) is 0 Å². The summed E-state index contributed by atoms with van der Waals surface area (Å²) in [6, 6.07) is 0.474. The van der Waals surface area contributed by atoms with Gasteiger partial charge >= 0.3 is 0 Å². The van der Waals surface area contributed by atoms with Crippen LogP contribution in [0.3, 0.4) is 0 Å². The normalized spacial score (nSPS) is 21.4. The summed E-state index contributed by atoms with van der Waals surface area (Å²) in [7, 11) is 1.78. The van der Waals surface area contributed by atoms with E-state index in [1.165, 1.54) is 32.1 Å². The molecule has 1 aliphatic rings. The van der Waals surface area contributed by atoms with Crippen LogP contribution in [0.25, 0.3) is 0 Å². The zero-order chi connectivity index (χ0) is 12.6. The molecular weight excluding hydrogens is 212 g/mol. The number of nitrogens with two attached hydrogens (primary N) is 1. The quantitative estimate of drug-likeness (QED) is 0.686. The van der Waals surface area contributed by atoms with Crippen molar-refractivity contribution >= 4 is 0 Å². The SMILES string of the molecule is COCC(CCCN)NCC1(C)CCCCC1. The molecule has 0 aromatic rings. The Labute approximate surface area is 106 Å². The van der Waals surface area contributed by atoms with Gasteiger partial charge in [-0.3, -0.25) is 0 Å². The van der Waals surface area contributed by atoms with Gasteiger partial charge in [-0.05, 0) is 37.6 Å². The Morgan fingerprint density at radius 2 is 2.00 bits per heavy atom. The second-order valence-corrected chi connectivity index (χ2v) is 5.84. The van der Waals surface area contributed by atoms with Gasteiger partial charge in [-0.25, -0.2) is 0 Å². The zero-order valence-corrected chi connectivity index (χ0v) is 11.6. The molecule has 102 valence electrons. The minimum Gasteiger partial charge on any atom is -0.383 e. The summed E-state index contributed by atoms with van der Waals surface area (Å²) in [5, 5.41) is 3.69. The Hall–Kier alpha value is -0.120. The van der Waals surface area contributed by atoms with E-state index in [0.717, 1.165) is 32.5 Å². The largest absolute Gasteiger partial charge is 0.383 e. The van der Waals surface area contributed by atoms with Gasteiger partial charge in [0.1, 0.15) is 0 Å². The fourth-order valence-corrected chi connectivity index (χ4v) is 2.78. The number of hydrogen-bond acceptors (Lipinski definition) is 3. The molecule has 1 saturated carbocycles. The van der Waals surface area contributed by atoms with E-state index in [1.807, 2.05) is 0 Å². The second kappa shape index (κ2) is 8.06. The predicted molar refractivity (Wildman–Crippen MR) is 73.1 cm³/mol. The minimum atomic E-state index is 0.474. The molecule has 0 saturated heterocycles. The average molecular weight is 242 g/mol. The molecule has 1 aliphatic carbocycles.